The van der Waals surface area contributed by atoms with E-state index in [1.54, 1.807) is 7.11 Å². The van der Waals surface area contributed by atoms with Gasteiger partial charge in [0.2, 0.25) is 0 Å². The summed E-state index contributed by atoms with van der Waals surface area (Å²) in [6.45, 7) is 7.34. The lowest BCUT2D eigenvalue weighted by Gasteiger charge is -2.15. The van der Waals surface area contributed by atoms with Gasteiger partial charge in [-0.2, -0.15) is 0 Å². The third-order valence-electron chi connectivity index (χ3n) is 2.95. The van der Waals surface area contributed by atoms with Crippen LogP contribution in [0.3, 0.4) is 0 Å². The molecule has 0 spiro atoms. The van der Waals surface area contributed by atoms with Crippen LogP contribution in [0.15, 0.2) is 18.2 Å². The van der Waals surface area contributed by atoms with Crippen molar-refractivity contribution in [1.82, 2.24) is 0 Å². The van der Waals surface area contributed by atoms with Crippen LogP contribution in [0.2, 0.25) is 0 Å². The Kier molecular flexibility index (Phi) is 9.01. The highest BCUT2D eigenvalue weighted by molar-refractivity contribution is 5.38. The van der Waals surface area contributed by atoms with Crippen LogP contribution in [0.1, 0.15) is 24.1 Å². The highest BCUT2D eigenvalue weighted by atomic mass is 16.6. The van der Waals surface area contributed by atoms with E-state index < -0.39 is 0 Å². The summed E-state index contributed by atoms with van der Waals surface area (Å²) in [5.41, 5.74) is 8.11. The van der Waals surface area contributed by atoms with Crippen LogP contribution >= 0.6 is 0 Å². The second-order valence-electron chi connectivity index (χ2n) is 4.90. The molecular formula is C16H27NO4. The molecule has 0 heterocycles. The summed E-state index contributed by atoms with van der Waals surface area (Å²) in [7, 11) is 1.65. The van der Waals surface area contributed by atoms with E-state index in [9.17, 15) is 0 Å². The molecule has 0 unspecified atom stereocenters. The van der Waals surface area contributed by atoms with E-state index >= 15 is 0 Å². The molecular weight excluding hydrogens is 270 g/mol. The largest absolute Gasteiger partial charge is 0.491 e. The number of hydrogen-bond acceptors (Lipinski definition) is 5. The maximum Gasteiger partial charge on any atom is 0.124 e. The van der Waals surface area contributed by atoms with Crippen LogP contribution in [0, 0.1) is 6.92 Å². The lowest BCUT2D eigenvalue weighted by Crippen LogP contribution is -2.14. The summed E-state index contributed by atoms with van der Waals surface area (Å²) in [6.07, 6.45) is 0. The molecule has 0 saturated carbocycles. The van der Waals surface area contributed by atoms with Crippen molar-refractivity contribution in [3.05, 3.63) is 29.3 Å². The molecule has 1 aromatic rings. The quantitative estimate of drug-likeness (QED) is 0.634. The Hall–Kier alpha value is -1.14. The highest BCUT2D eigenvalue weighted by Crippen LogP contribution is 2.24. The van der Waals surface area contributed by atoms with Crippen molar-refractivity contribution in [2.24, 2.45) is 5.73 Å². The second-order valence-corrected chi connectivity index (χ2v) is 4.90. The fraction of sp³-hybridized carbons (Fsp3) is 0.625. The van der Waals surface area contributed by atoms with Gasteiger partial charge in [0.05, 0.1) is 33.0 Å². The van der Waals surface area contributed by atoms with Crippen molar-refractivity contribution < 1.29 is 18.9 Å². The van der Waals surface area contributed by atoms with Crippen molar-refractivity contribution in [3.8, 4) is 5.75 Å². The molecule has 1 rings (SSSR count). The van der Waals surface area contributed by atoms with Gasteiger partial charge in [0.25, 0.3) is 0 Å². The zero-order chi connectivity index (χ0) is 15.5. The van der Waals surface area contributed by atoms with Gasteiger partial charge in [0.15, 0.2) is 0 Å². The number of rotatable bonds is 11. The van der Waals surface area contributed by atoms with Gasteiger partial charge in [0.1, 0.15) is 12.4 Å². The topological polar surface area (TPSA) is 62.9 Å². The van der Waals surface area contributed by atoms with Gasteiger partial charge in [-0.1, -0.05) is 12.1 Å². The normalized spacial score (nSPS) is 12.4. The third-order valence-corrected chi connectivity index (χ3v) is 2.95. The number of aryl methyl sites for hydroxylation is 1. The van der Waals surface area contributed by atoms with Crippen molar-refractivity contribution in [3.63, 3.8) is 0 Å². The molecule has 5 heteroatoms. The fourth-order valence-corrected chi connectivity index (χ4v) is 1.82. The van der Waals surface area contributed by atoms with Crippen LogP contribution < -0.4 is 10.5 Å². The maximum absolute atomic E-state index is 5.94. The Labute approximate surface area is 127 Å². The molecule has 1 aromatic carbocycles. The molecule has 0 aliphatic carbocycles. The van der Waals surface area contributed by atoms with Crippen LogP contribution in [-0.2, 0) is 14.2 Å². The minimum Gasteiger partial charge on any atom is -0.491 e. The van der Waals surface area contributed by atoms with Gasteiger partial charge in [0, 0.05) is 18.7 Å². The Morgan fingerprint density at radius 2 is 1.62 bits per heavy atom. The predicted octanol–water partition coefficient (Wildman–Crippen LogP) is 2.07. The second kappa shape index (κ2) is 10.6. The molecule has 0 fully saturated rings. The zero-order valence-corrected chi connectivity index (χ0v) is 13.3. The molecule has 0 radical (unpaired) electrons. The molecule has 0 aliphatic rings. The van der Waals surface area contributed by atoms with Crippen molar-refractivity contribution in [2.75, 3.05) is 46.8 Å². The van der Waals surface area contributed by atoms with Crippen LogP contribution in [0.25, 0.3) is 0 Å². The maximum atomic E-state index is 5.94. The zero-order valence-electron chi connectivity index (χ0n) is 13.3. The summed E-state index contributed by atoms with van der Waals surface area (Å²) in [5.74, 6) is 0.838. The van der Waals surface area contributed by atoms with Crippen molar-refractivity contribution in [1.29, 1.82) is 0 Å². The molecule has 0 aromatic heterocycles. The smallest absolute Gasteiger partial charge is 0.124 e. The van der Waals surface area contributed by atoms with Crippen LogP contribution in [0.4, 0.5) is 0 Å². The number of hydrogen-bond donors (Lipinski definition) is 1. The van der Waals surface area contributed by atoms with E-state index in [2.05, 4.69) is 0 Å². The molecule has 1 atom stereocenters. The van der Waals surface area contributed by atoms with Gasteiger partial charge in [-0.25, -0.2) is 0 Å². The average molecular weight is 297 g/mol. The highest BCUT2D eigenvalue weighted by Gasteiger charge is 2.08. The fourth-order valence-electron chi connectivity index (χ4n) is 1.82. The van der Waals surface area contributed by atoms with Gasteiger partial charge in [-0.15, -0.1) is 0 Å². The van der Waals surface area contributed by atoms with Crippen molar-refractivity contribution in [2.45, 2.75) is 19.9 Å². The summed E-state index contributed by atoms with van der Waals surface area (Å²) in [4.78, 5) is 0. The summed E-state index contributed by atoms with van der Waals surface area (Å²) >= 11 is 0. The molecule has 21 heavy (non-hydrogen) atoms. The summed E-state index contributed by atoms with van der Waals surface area (Å²) < 4.78 is 21.4. The first-order valence-corrected chi connectivity index (χ1v) is 7.28. The molecule has 0 aliphatic heterocycles. The van der Waals surface area contributed by atoms with Gasteiger partial charge in [-0.05, 0) is 25.5 Å². The lowest BCUT2D eigenvalue weighted by molar-refractivity contribution is 0.0179. The van der Waals surface area contributed by atoms with Crippen LogP contribution in [-0.4, -0.2) is 46.8 Å². The molecule has 0 saturated heterocycles. The molecule has 120 valence electrons. The minimum atomic E-state index is -0.0456. The van der Waals surface area contributed by atoms with E-state index in [4.69, 9.17) is 24.7 Å². The number of benzene rings is 1. The third kappa shape index (κ3) is 7.43. The van der Waals surface area contributed by atoms with Gasteiger partial charge < -0.3 is 24.7 Å². The van der Waals surface area contributed by atoms with E-state index in [1.807, 2.05) is 32.0 Å². The summed E-state index contributed by atoms with van der Waals surface area (Å²) in [6, 6.07) is 6.02. The first-order valence-electron chi connectivity index (χ1n) is 7.28. The van der Waals surface area contributed by atoms with Crippen molar-refractivity contribution >= 4 is 0 Å². The standard InChI is InChI=1S/C16H27NO4/c1-13-4-5-15(14(2)17)16(12-13)21-11-10-20-9-8-19-7-6-18-3/h4-5,12,14H,6-11,17H2,1-3H3/t14-/m0/s1. The Bertz CT molecular complexity index is 396. The van der Waals surface area contributed by atoms with E-state index in [0.29, 0.717) is 39.6 Å². The Morgan fingerprint density at radius 3 is 2.24 bits per heavy atom. The number of ether oxygens (including phenoxy) is 4. The van der Waals surface area contributed by atoms with E-state index in [-0.39, 0.29) is 6.04 Å². The minimum absolute atomic E-state index is 0.0456. The molecule has 0 amide bonds. The first-order chi connectivity index (χ1) is 10.1. The lowest BCUT2D eigenvalue weighted by atomic mass is 10.1. The van der Waals surface area contributed by atoms with E-state index in [0.717, 1.165) is 16.9 Å². The number of methoxy groups -OCH3 is 1. The van der Waals surface area contributed by atoms with Gasteiger partial charge in [-0.3, -0.25) is 0 Å². The molecule has 2 N–H and O–H groups in total. The number of nitrogens with two attached hydrogens (primary N) is 1. The predicted molar refractivity (Wildman–Crippen MR) is 82.8 cm³/mol. The van der Waals surface area contributed by atoms with Gasteiger partial charge >= 0.3 is 0 Å². The van der Waals surface area contributed by atoms with E-state index in [1.165, 1.54) is 0 Å². The SMILES string of the molecule is COCCOCCOCCOc1cc(C)ccc1[C@H](C)N. The Morgan fingerprint density at radius 1 is 1.00 bits per heavy atom. The summed E-state index contributed by atoms with van der Waals surface area (Å²) in [5, 5.41) is 0. The monoisotopic (exact) mass is 297 g/mol. The molecule has 0 bridgehead atoms. The average Bonchev–Trinajstić information content (AvgIpc) is 2.45. The molecule has 5 nitrogen and oxygen atoms in total. The Balaban J connectivity index is 2.19. The van der Waals surface area contributed by atoms with Crippen LogP contribution in [0.5, 0.6) is 5.75 Å². The first kappa shape index (κ1) is 17.9.